The Labute approximate surface area is 161 Å². The van der Waals surface area contributed by atoms with Gasteiger partial charge in [-0.25, -0.2) is 0 Å². The van der Waals surface area contributed by atoms with E-state index in [9.17, 15) is 4.79 Å². The Balaban J connectivity index is 1.52. The largest absolute Gasteiger partial charge is 0.539 e. The third-order valence-electron chi connectivity index (χ3n) is 4.56. The van der Waals surface area contributed by atoms with Gasteiger partial charge in [-0.3, -0.25) is 4.68 Å². The molecular formula is C19H20N7O2+. The number of anilines is 2. The number of nitrogens with zero attached hydrogens (tertiary/aromatic N) is 5. The van der Waals surface area contributed by atoms with Crippen LogP contribution < -0.4 is 10.1 Å². The predicted octanol–water partition coefficient (Wildman–Crippen LogP) is 2.95. The minimum absolute atomic E-state index is 0.00910. The average Bonchev–Trinajstić information content (AvgIpc) is 3.22. The van der Waals surface area contributed by atoms with Crippen molar-refractivity contribution in [2.45, 2.75) is 25.9 Å². The van der Waals surface area contributed by atoms with E-state index in [0.29, 0.717) is 17.5 Å². The molecule has 0 aromatic carbocycles. The zero-order valence-corrected chi connectivity index (χ0v) is 15.6. The Morgan fingerprint density at radius 3 is 3.04 bits per heavy atom. The Bertz CT molecular complexity index is 1110. The highest BCUT2D eigenvalue weighted by atomic mass is 16.5. The first-order valence-electron chi connectivity index (χ1n) is 8.92. The zero-order valence-electron chi connectivity index (χ0n) is 15.6. The van der Waals surface area contributed by atoms with Gasteiger partial charge in [0.15, 0.2) is 0 Å². The monoisotopic (exact) mass is 378 g/mol. The molecule has 0 bridgehead atoms. The number of hydrogen-bond acceptors (Lipinski definition) is 6. The summed E-state index contributed by atoms with van der Waals surface area (Å²) in [7, 11) is 1.84. The number of fused-ring (bicyclic) bond motifs is 1. The smallest absolute Gasteiger partial charge is 0.474 e. The van der Waals surface area contributed by atoms with Gasteiger partial charge in [0.25, 0.3) is 6.07 Å². The average molecular weight is 378 g/mol. The van der Waals surface area contributed by atoms with Crippen molar-refractivity contribution in [3.05, 3.63) is 41.7 Å². The highest BCUT2D eigenvalue weighted by Crippen LogP contribution is 2.34. The van der Waals surface area contributed by atoms with E-state index in [1.807, 2.05) is 26.4 Å². The Morgan fingerprint density at radius 2 is 2.32 bits per heavy atom. The van der Waals surface area contributed by atoms with Crippen molar-refractivity contribution in [1.82, 2.24) is 24.7 Å². The Morgan fingerprint density at radius 1 is 1.50 bits per heavy atom. The lowest BCUT2D eigenvalue weighted by atomic mass is 9.83. The van der Waals surface area contributed by atoms with Crippen LogP contribution in [0.1, 0.15) is 18.4 Å². The van der Waals surface area contributed by atoms with Crippen LogP contribution in [-0.4, -0.2) is 36.7 Å². The number of H-pyrrole nitrogens is 1. The van der Waals surface area contributed by atoms with Crippen molar-refractivity contribution < 1.29 is 9.53 Å². The van der Waals surface area contributed by atoms with E-state index < -0.39 is 0 Å². The first-order chi connectivity index (χ1) is 13.5. The molecule has 142 valence electrons. The lowest BCUT2D eigenvalue weighted by Crippen LogP contribution is -2.33. The summed E-state index contributed by atoms with van der Waals surface area (Å²) in [5, 5.41) is 8.14. The number of amides is 1. The van der Waals surface area contributed by atoms with Gasteiger partial charge >= 0.3 is 5.91 Å². The summed E-state index contributed by atoms with van der Waals surface area (Å²) >= 11 is 0. The number of carbonyl (C=O) groups excluding carboxylic acids is 1. The summed E-state index contributed by atoms with van der Waals surface area (Å²) in [6.45, 7) is 5.37. The molecule has 0 saturated heterocycles. The molecule has 1 aliphatic carbocycles. The number of aryl methyl sites for hydroxylation is 2. The van der Waals surface area contributed by atoms with Crippen LogP contribution in [0.3, 0.4) is 0 Å². The molecule has 0 aliphatic heterocycles. The van der Waals surface area contributed by atoms with Gasteiger partial charge in [0.05, 0.1) is 23.3 Å². The van der Waals surface area contributed by atoms with Gasteiger partial charge in [-0.05, 0) is 12.5 Å². The lowest BCUT2D eigenvalue weighted by molar-refractivity contribution is -0.110. The van der Waals surface area contributed by atoms with Crippen molar-refractivity contribution in [3.63, 3.8) is 0 Å². The molecular weight excluding hydrogens is 358 g/mol. The van der Waals surface area contributed by atoms with Crippen LogP contribution >= 0.6 is 0 Å². The molecule has 4 rings (SSSR count). The van der Waals surface area contributed by atoms with Crippen LogP contribution in [0.4, 0.5) is 11.6 Å². The van der Waals surface area contributed by atoms with E-state index >= 15 is 0 Å². The topological polar surface area (TPSA) is 102 Å². The molecule has 28 heavy (non-hydrogen) atoms. The molecule has 9 heteroatoms. The van der Waals surface area contributed by atoms with E-state index in [-0.39, 0.29) is 17.9 Å². The van der Waals surface area contributed by atoms with Gasteiger partial charge in [0.1, 0.15) is 17.7 Å². The predicted molar refractivity (Wildman–Crippen MR) is 105 cm³/mol. The second-order valence-electron chi connectivity index (χ2n) is 6.77. The SMILES string of the molecule is C=CC(=O)[N+]#CC1CC(Oc2nc(Nc3cnn(C)c3)nc3[nH]cc(C)c23)C1. The van der Waals surface area contributed by atoms with Gasteiger partial charge < -0.3 is 15.0 Å². The summed E-state index contributed by atoms with van der Waals surface area (Å²) in [6, 6.07) is 2.84. The van der Waals surface area contributed by atoms with Crippen LogP contribution in [0.5, 0.6) is 5.88 Å². The molecule has 3 aromatic heterocycles. The van der Waals surface area contributed by atoms with Gasteiger partial charge in [0.2, 0.25) is 11.8 Å². The molecule has 2 N–H and O–H groups in total. The fraction of sp³-hybridized carbons (Fsp3) is 0.316. The fourth-order valence-electron chi connectivity index (χ4n) is 3.03. The molecule has 1 amide bonds. The van der Waals surface area contributed by atoms with Crippen molar-refractivity contribution >= 4 is 28.6 Å². The van der Waals surface area contributed by atoms with Gasteiger partial charge in [-0.1, -0.05) is 6.58 Å². The number of carbonyl (C=O) groups is 1. The minimum atomic E-state index is -0.379. The van der Waals surface area contributed by atoms with Gasteiger partial charge in [-0.15, -0.1) is 0 Å². The molecule has 0 unspecified atom stereocenters. The summed E-state index contributed by atoms with van der Waals surface area (Å²) in [6.07, 6.45) is 8.04. The van der Waals surface area contributed by atoms with E-state index in [0.717, 1.165) is 29.5 Å². The highest BCUT2D eigenvalue weighted by Gasteiger charge is 2.35. The van der Waals surface area contributed by atoms with Crippen molar-refractivity contribution in [2.75, 3.05) is 5.32 Å². The summed E-state index contributed by atoms with van der Waals surface area (Å²) < 4.78 is 7.83. The van der Waals surface area contributed by atoms with Gasteiger partial charge in [-0.2, -0.15) is 19.9 Å². The van der Waals surface area contributed by atoms with E-state index in [1.165, 1.54) is 6.08 Å². The lowest BCUT2D eigenvalue weighted by Gasteiger charge is -2.29. The number of rotatable bonds is 5. The standard InChI is InChI=1S/C19H20N7O2/c1-4-15(27)20-8-12-5-14(6-12)28-18-16-11(2)7-21-17(16)24-19(25-18)23-13-9-22-26(3)10-13/h4,7,9-10,12,14H,1,5-6H2,2-3H3,(H2,21,23,24,25)/q+1. The molecule has 1 saturated carbocycles. The molecule has 3 aromatic rings. The highest BCUT2D eigenvalue weighted by molar-refractivity contribution is 5.96. The Kier molecular flexibility index (Phi) is 4.53. The second-order valence-corrected chi connectivity index (χ2v) is 6.77. The number of aromatic amines is 1. The second kappa shape index (κ2) is 7.15. The summed E-state index contributed by atoms with van der Waals surface area (Å²) in [4.78, 5) is 27.1. The number of ether oxygens (including phenoxy) is 1. The van der Waals surface area contributed by atoms with Crippen molar-refractivity contribution in [3.8, 4) is 11.9 Å². The van der Waals surface area contributed by atoms with Crippen LogP contribution in [0.2, 0.25) is 0 Å². The molecule has 0 spiro atoms. The van der Waals surface area contributed by atoms with Crippen LogP contribution in [0, 0.1) is 18.9 Å². The number of hydrogen-bond donors (Lipinski definition) is 2. The normalized spacial score (nSPS) is 18.1. The fourth-order valence-corrected chi connectivity index (χ4v) is 3.03. The van der Waals surface area contributed by atoms with E-state index in [1.54, 1.807) is 10.9 Å². The maximum absolute atomic E-state index is 11.2. The number of aromatic nitrogens is 5. The first kappa shape index (κ1) is 17.7. The molecule has 0 radical (unpaired) electrons. The van der Waals surface area contributed by atoms with Crippen LogP contribution in [-0.2, 0) is 11.8 Å². The molecule has 0 atom stereocenters. The minimum Gasteiger partial charge on any atom is -0.474 e. The molecule has 1 aliphatic rings. The number of nitrogens with one attached hydrogen (secondary N) is 2. The quantitative estimate of drug-likeness (QED) is 0.662. The first-order valence-corrected chi connectivity index (χ1v) is 8.92. The summed E-state index contributed by atoms with van der Waals surface area (Å²) in [5.41, 5.74) is 2.51. The van der Waals surface area contributed by atoms with Crippen molar-refractivity contribution in [1.29, 1.82) is 0 Å². The third-order valence-corrected chi connectivity index (χ3v) is 4.56. The van der Waals surface area contributed by atoms with Gasteiger partial charge in [0, 0.05) is 37.1 Å². The van der Waals surface area contributed by atoms with Crippen LogP contribution in [0.15, 0.2) is 31.2 Å². The molecule has 3 heterocycles. The van der Waals surface area contributed by atoms with Crippen molar-refractivity contribution in [2.24, 2.45) is 13.0 Å². The maximum Gasteiger partial charge on any atom is 0.539 e. The summed E-state index contributed by atoms with van der Waals surface area (Å²) in [5.74, 6) is 0.679. The molecule has 9 nitrogen and oxygen atoms in total. The van der Waals surface area contributed by atoms with Crippen LogP contribution in [0.25, 0.3) is 15.9 Å². The van der Waals surface area contributed by atoms with E-state index in [2.05, 4.69) is 42.9 Å². The van der Waals surface area contributed by atoms with E-state index in [4.69, 9.17) is 4.74 Å². The third kappa shape index (κ3) is 3.57. The maximum atomic E-state index is 11.2. The Hall–Kier alpha value is -3.67. The molecule has 1 fully saturated rings. The zero-order chi connectivity index (χ0) is 19.7.